The molecule has 0 heterocycles. The molecule has 5 heteroatoms. The molecule has 0 aromatic heterocycles. The SMILES string of the molecule is CC.O=Cc1cc(O)cc(Cl)c1OCl. The molecule has 0 atom stereocenters. The van der Waals surface area contributed by atoms with E-state index in [-0.39, 0.29) is 22.1 Å². The molecule has 14 heavy (non-hydrogen) atoms. The van der Waals surface area contributed by atoms with Gasteiger partial charge in [-0.2, -0.15) is 0 Å². The first-order valence-electron chi connectivity index (χ1n) is 3.95. The Morgan fingerprint density at radius 1 is 1.43 bits per heavy atom. The lowest BCUT2D eigenvalue weighted by Gasteiger charge is -2.02. The predicted molar refractivity (Wildman–Crippen MR) is 56.3 cm³/mol. The van der Waals surface area contributed by atoms with Crippen molar-refractivity contribution >= 4 is 29.8 Å². The summed E-state index contributed by atoms with van der Waals surface area (Å²) < 4.78 is 4.32. The Morgan fingerprint density at radius 2 is 2.00 bits per heavy atom. The van der Waals surface area contributed by atoms with E-state index in [1.807, 2.05) is 13.8 Å². The van der Waals surface area contributed by atoms with Crippen LogP contribution in [0, 0.1) is 0 Å². The number of hydrogen-bond acceptors (Lipinski definition) is 3. The monoisotopic (exact) mass is 236 g/mol. The van der Waals surface area contributed by atoms with E-state index in [1.54, 1.807) is 0 Å². The Morgan fingerprint density at radius 3 is 2.43 bits per heavy atom. The third-order valence-electron chi connectivity index (χ3n) is 1.26. The Labute approximate surface area is 92.4 Å². The Bertz CT molecular complexity index is 313. The van der Waals surface area contributed by atoms with Crippen molar-refractivity contribution in [3.05, 3.63) is 22.7 Å². The van der Waals surface area contributed by atoms with Gasteiger partial charge in [0.05, 0.1) is 10.6 Å². The molecule has 1 rings (SSSR count). The number of hydrogen-bond donors (Lipinski definition) is 1. The highest BCUT2D eigenvalue weighted by Gasteiger charge is 2.09. The van der Waals surface area contributed by atoms with E-state index in [4.69, 9.17) is 28.6 Å². The van der Waals surface area contributed by atoms with Gasteiger partial charge in [0.2, 0.25) is 0 Å². The van der Waals surface area contributed by atoms with Gasteiger partial charge in [-0.15, -0.1) is 0 Å². The zero-order valence-electron chi connectivity index (χ0n) is 7.75. The summed E-state index contributed by atoms with van der Waals surface area (Å²) in [6.07, 6.45) is 0.489. The summed E-state index contributed by atoms with van der Waals surface area (Å²) in [6.45, 7) is 4.00. The van der Waals surface area contributed by atoms with Crippen LogP contribution in [0.25, 0.3) is 0 Å². The Kier molecular flexibility index (Phi) is 6.08. The van der Waals surface area contributed by atoms with E-state index < -0.39 is 0 Å². The second-order valence-electron chi connectivity index (χ2n) is 2.04. The highest BCUT2D eigenvalue weighted by molar-refractivity contribution is 6.33. The fourth-order valence-electron chi connectivity index (χ4n) is 0.769. The highest BCUT2D eigenvalue weighted by Crippen LogP contribution is 2.32. The third kappa shape index (κ3) is 3.09. The lowest BCUT2D eigenvalue weighted by Crippen LogP contribution is -1.86. The van der Waals surface area contributed by atoms with Crippen LogP contribution in [0.5, 0.6) is 11.5 Å². The maximum absolute atomic E-state index is 10.4. The number of benzene rings is 1. The molecule has 0 fully saturated rings. The van der Waals surface area contributed by atoms with Gasteiger partial charge < -0.3 is 9.40 Å². The van der Waals surface area contributed by atoms with E-state index in [2.05, 4.69) is 4.29 Å². The largest absolute Gasteiger partial charge is 0.508 e. The smallest absolute Gasteiger partial charge is 0.175 e. The number of rotatable bonds is 2. The normalized spacial score (nSPS) is 8.57. The van der Waals surface area contributed by atoms with Crippen molar-refractivity contribution in [2.75, 3.05) is 0 Å². The van der Waals surface area contributed by atoms with E-state index >= 15 is 0 Å². The molecule has 0 radical (unpaired) electrons. The molecule has 1 aromatic carbocycles. The van der Waals surface area contributed by atoms with Crippen molar-refractivity contribution in [1.82, 2.24) is 0 Å². The minimum Gasteiger partial charge on any atom is -0.508 e. The Hall–Kier alpha value is -0.930. The number of aldehydes is 1. The molecule has 0 saturated carbocycles. The summed E-state index contributed by atoms with van der Waals surface area (Å²) in [5.74, 6) is -0.0642. The second kappa shape index (κ2) is 6.51. The molecule has 0 bridgehead atoms. The highest BCUT2D eigenvalue weighted by atomic mass is 35.5. The van der Waals surface area contributed by atoms with Gasteiger partial charge in [0, 0.05) is 6.07 Å². The van der Waals surface area contributed by atoms with Crippen molar-refractivity contribution in [3.8, 4) is 11.5 Å². The minimum atomic E-state index is -0.112. The lowest BCUT2D eigenvalue weighted by molar-refractivity contribution is 0.112. The van der Waals surface area contributed by atoms with Gasteiger partial charge in [-0.25, -0.2) is 0 Å². The van der Waals surface area contributed by atoms with Crippen LogP contribution < -0.4 is 4.29 Å². The maximum atomic E-state index is 10.4. The van der Waals surface area contributed by atoms with Crippen LogP contribution >= 0.6 is 23.5 Å². The predicted octanol–water partition coefficient (Wildman–Crippen LogP) is 3.42. The van der Waals surface area contributed by atoms with Crippen molar-refractivity contribution in [2.45, 2.75) is 13.8 Å². The molecule has 0 aliphatic heterocycles. The quantitative estimate of drug-likeness (QED) is 0.801. The van der Waals surface area contributed by atoms with E-state index in [1.165, 1.54) is 12.1 Å². The first-order valence-corrected chi connectivity index (χ1v) is 4.64. The maximum Gasteiger partial charge on any atom is 0.175 e. The molecule has 0 spiro atoms. The van der Waals surface area contributed by atoms with E-state index in [0.29, 0.717) is 6.29 Å². The summed E-state index contributed by atoms with van der Waals surface area (Å²) in [6, 6.07) is 2.43. The van der Waals surface area contributed by atoms with Gasteiger partial charge in [0.1, 0.15) is 17.6 Å². The zero-order chi connectivity index (χ0) is 11.1. The van der Waals surface area contributed by atoms with Crippen LogP contribution in [0.3, 0.4) is 0 Å². The summed E-state index contributed by atoms with van der Waals surface area (Å²) in [7, 11) is 0. The van der Waals surface area contributed by atoms with Gasteiger partial charge in [-0.05, 0) is 6.07 Å². The lowest BCUT2D eigenvalue weighted by atomic mass is 10.2. The summed E-state index contributed by atoms with van der Waals surface area (Å²) in [5.41, 5.74) is 0.106. The number of phenols is 1. The van der Waals surface area contributed by atoms with Gasteiger partial charge >= 0.3 is 0 Å². The van der Waals surface area contributed by atoms with Crippen LogP contribution in [0.2, 0.25) is 5.02 Å². The topological polar surface area (TPSA) is 46.5 Å². The zero-order valence-corrected chi connectivity index (χ0v) is 9.26. The van der Waals surface area contributed by atoms with Crippen molar-refractivity contribution < 1.29 is 14.2 Å². The summed E-state index contributed by atoms with van der Waals surface area (Å²) >= 11 is 10.6. The average Bonchev–Trinajstić information content (AvgIpc) is 2.19. The average molecular weight is 237 g/mol. The van der Waals surface area contributed by atoms with Gasteiger partial charge in [0.25, 0.3) is 0 Å². The molecule has 0 saturated heterocycles. The van der Waals surface area contributed by atoms with Crippen LogP contribution in [-0.4, -0.2) is 11.4 Å². The van der Waals surface area contributed by atoms with E-state index in [0.717, 1.165) is 0 Å². The van der Waals surface area contributed by atoms with Gasteiger partial charge in [-0.3, -0.25) is 4.79 Å². The molecule has 0 unspecified atom stereocenters. The standard InChI is InChI=1S/C7H4Cl2O3.C2H6/c8-6-2-5(11)1-4(3-10)7(6)12-9;1-2/h1-3,11H;1-2H3. The number of aromatic hydroxyl groups is 1. The molecule has 0 aliphatic rings. The molecule has 1 N–H and O–H groups in total. The molecular formula is C9H10Cl2O3. The van der Waals surface area contributed by atoms with Crippen molar-refractivity contribution in [2.24, 2.45) is 0 Å². The second-order valence-corrected chi connectivity index (χ2v) is 2.60. The molecule has 78 valence electrons. The van der Waals surface area contributed by atoms with Gasteiger partial charge in [-0.1, -0.05) is 25.4 Å². The van der Waals surface area contributed by atoms with Crippen molar-refractivity contribution in [3.63, 3.8) is 0 Å². The number of halogens is 2. The molecule has 3 nitrogen and oxygen atoms in total. The van der Waals surface area contributed by atoms with Crippen LogP contribution in [0.4, 0.5) is 0 Å². The third-order valence-corrected chi connectivity index (χ3v) is 1.70. The van der Waals surface area contributed by atoms with Crippen LogP contribution in [0.1, 0.15) is 24.2 Å². The van der Waals surface area contributed by atoms with Gasteiger partial charge in [0.15, 0.2) is 12.0 Å². The van der Waals surface area contributed by atoms with Crippen molar-refractivity contribution in [1.29, 1.82) is 0 Å². The minimum absolute atomic E-state index is 0.0473. The van der Waals surface area contributed by atoms with E-state index in [9.17, 15) is 4.79 Å². The number of carbonyl (C=O) groups is 1. The summed E-state index contributed by atoms with van der Waals surface area (Å²) in [4.78, 5) is 10.4. The molecule has 0 aliphatic carbocycles. The van der Waals surface area contributed by atoms with Crippen LogP contribution in [0.15, 0.2) is 12.1 Å². The number of phenolic OH excluding ortho intramolecular Hbond substituents is 1. The first kappa shape index (κ1) is 13.1. The molecule has 1 aromatic rings. The fraction of sp³-hybridized carbons (Fsp3) is 0.222. The Balaban J connectivity index is 0.000000791. The number of carbonyl (C=O) groups excluding carboxylic acids is 1. The summed E-state index contributed by atoms with van der Waals surface area (Å²) in [5, 5.41) is 9.09. The molecule has 0 amide bonds. The first-order chi connectivity index (χ1) is 6.69. The fourth-order valence-corrected chi connectivity index (χ4v) is 1.24. The molecular weight excluding hydrogens is 227 g/mol. The van der Waals surface area contributed by atoms with Crippen LogP contribution in [-0.2, 0) is 0 Å².